The SMILES string of the molecule is CCCC[C@H](CN(O)C=O)C(=O)N1COC[C@H]1C(=O)Nc1ccc(F)c(F)c1. The van der Waals surface area contributed by atoms with Gasteiger partial charge in [-0.1, -0.05) is 19.8 Å². The van der Waals surface area contributed by atoms with Crippen LogP contribution in [-0.4, -0.2) is 59.3 Å². The van der Waals surface area contributed by atoms with Gasteiger partial charge in [-0.25, -0.2) is 13.8 Å². The highest BCUT2D eigenvalue weighted by Gasteiger charge is 2.38. The molecule has 1 aliphatic rings. The fourth-order valence-electron chi connectivity index (χ4n) is 2.92. The van der Waals surface area contributed by atoms with Crippen molar-refractivity contribution in [1.82, 2.24) is 9.96 Å². The van der Waals surface area contributed by atoms with Gasteiger partial charge in [0.15, 0.2) is 11.6 Å². The zero-order valence-electron chi connectivity index (χ0n) is 15.4. The quantitative estimate of drug-likeness (QED) is 0.374. The lowest BCUT2D eigenvalue weighted by Gasteiger charge is -2.27. The summed E-state index contributed by atoms with van der Waals surface area (Å²) < 4.78 is 31.6. The van der Waals surface area contributed by atoms with E-state index in [1.165, 1.54) is 11.0 Å². The average molecular weight is 399 g/mol. The fourth-order valence-corrected chi connectivity index (χ4v) is 2.92. The molecule has 8 nitrogen and oxygen atoms in total. The van der Waals surface area contributed by atoms with E-state index in [1.54, 1.807) is 0 Å². The van der Waals surface area contributed by atoms with Crippen LogP contribution in [0.3, 0.4) is 0 Å². The molecule has 1 aliphatic heterocycles. The van der Waals surface area contributed by atoms with E-state index in [-0.39, 0.29) is 32.0 Å². The van der Waals surface area contributed by atoms with Crippen LogP contribution < -0.4 is 5.32 Å². The Morgan fingerprint density at radius 3 is 2.82 bits per heavy atom. The van der Waals surface area contributed by atoms with Crippen LogP contribution in [0.4, 0.5) is 14.5 Å². The summed E-state index contributed by atoms with van der Waals surface area (Å²) in [7, 11) is 0. The predicted octanol–water partition coefficient (Wildman–Crippen LogP) is 1.74. The molecule has 0 spiro atoms. The molecule has 28 heavy (non-hydrogen) atoms. The summed E-state index contributed by atoms with van der Waals surface area (Å²) in [6, 6.07) is 1.96. The minimum absolute atomic E-state index is 0.0493. The normalized spacial score (nSPS) is 17.3. The second-order valence-electron chi connectivity index (χ2n) is 6.51. The third-order valence-corrected chi connectivity index (χ3v) is 4.44. The van der Waals surface area contributed by atoms with Crippen molar-refractivity contribution in [2.75, 3.05) is 25.2 Å². The number of nitrogens with one attached hydrogen (secondary N) is 1. The van der Waals surface area contributed by atoms with Crippen LogP contribution in [-0.2, 0) is 19.1 Å². The number of carbonyl (C=O) groups is 3. The van der Waals surface area contributed by atoms with Gasteiger partial charge in [0.1, 0.15) is 12.8 Å². The number of hydrogen-bond acceptors (Lipinski definition) is 5. The Balaban J connectivity index is 2.09. The molecule has 1 fully saturated rings. The topological polar surface area (TPSA) is 99.2 Å². The van der Waals surface area contributed by atoms with Crippen molar-refractivity contribution < 1.29 is 33.1 Å². The largest absolute Gasteiger partial charge is 0.358 e. The maximum atomic E-state index is 13.3. The first-order valence-electron chi connectivity index (χ1n) is 8.92. The zero-order chi connectivity index (χ0) is 20.7. The van der Waals surface area contributed by atoms with Gasteiger partial charge in [-0.3, -0.25) is 19.6 Å². The van der Waals surface area contributed by atoms with Gasteiger partial charge in [0, 0.05) is 11.8 Å². The number of ether oxygens (including phenoxy) is 1. The molecule has 1 aromatic rings. The monoisotopic (exact) mass is 399 g/mol. The van der Waals surface area contributed by atoms with Crippen molar-refractivity contribution in [2.45, 2.75) is 32.2 Å². The highest BCUT2D eigenvalue weighted by Crippen LogP contribution is 2.21. The van der Waals surface area contributed by atoms with E-state index < -0.39 is 35.4 Å². The maximum Gasteiger partial charge on any atom is 0.249 e. The second kappa shape index (κ2) is 10.1. The molecule has 10 heteroatoms. The Bertz CT molecular complexity index is 718. The molecular formula is C18H23F2N3O5. The Kier molecular flexibility index (Phi) is 7.82. The molecule has 1 saturated heterocycles. The first kappa shape index (κ1) is 21.7. The summed E-state index contributed by atoms with van der Waals surface area (Å²) in [6.45, 7) is 1.56. The molecule has 2 rings (SSSR count). The Hall–Kier alpha value is -2.59. The summed E-state index contributed by atoms with van der Waals surface area (Å²) in [5.74, 6) is -3.89. The minimum Gasteiger partial charge on any atom is -0.358 e. The summed E-state index contributed by atoms with van der Waals surface area (Å²) in [5.41, 5.74) is 0.0493. The van der Waals surface area contributed by atoms with Gasteiger partial charge in [-0.2, -0.15) is 0 Å². The summed E-state index contributed by atoms with van der Waals surface area (Å²) in [4.78, 5) is 37.3. The van der Waals surface area contributed by atoms with Crippen LogP contribution in [0, 0.1) is 17.6 Å². The molecule has 3 amide bonds. The first-order valence-corrected chi connectivity index (χ1v) is 8.92. The molecule has 0 aliphatic carbocycles. The van der Waals surface area contributed by atoms with Crippen molar-refractivity contribution in [3.8, 4) is 0 Å². The van der Waals surface area contributed by atoms with Gasteiger partial charge in [0.05, 0.1) is 19.1 Å². The number of anilines is 1. The molecule has 0 unspecified atom stereocenters. The Labute approximate surface area is 161 Å². The van der Waals surface area contributed by atoms with Gasteiger partial charge < -0.3 is 15.0 Å². The summed E-state index contributed by atoms with van der Waals surface area (Å²) >= 11 is 0. The highest BCUT2D eigenvalue weighted by molar-refractivity contribution is 5.97. The predicted molar refractivity (Wildman–Crippen MR) is 94.0 cm³/mol. The number of unbranched alkanes of at least 4 members (excludes halogenated alkanes) is 1. The van der Waals surface area contributed by atoms with E-state index in [1.807, 2.05) is 6.92 Å². The number of halogens is 2. The molecule has 0 radical (unpaired) electrons. The van der Waals surface area contributed by atoms with Gasteiger partial charge >= 0.3 is 0 Å². The number of amides is 3. The highest BCUT2D eigenvalue weighted by atomic mass is 19.2. The number of benzene rings is 1. The van der Waals surface area contributed by atoms with Crippen molar-refractivity contribution in [3.05, 3.63) is 29.8 Å². The molecule has 2 atom stereocenters. The average Bonchev–Trinajstić information content (AvgIpc) is 3.17. The van der Waals surface area contributed by atoms with Crippen molar-refractivity contribution >= 4 is 23.9 Å². The molecule has 154 valence electrons. The smallest absolute Gasteiger partial charge is 0.249 e. The van der Waals surface area contributed by atoms with Crippen LogP contribution >= 0.6 is 0 Å². The van der Waals surface area contributed by atoms with E-state index in [2.05, 4.69) is 5.32 Å². The number of hydroxylamine groups is 2. The summed E-state index contributed by atoms with van der Waals surface area (Å²) in [5, 5.41) is 12.3. The van der Waals surface area contributed by atoms with Crippen molar-refractivity contribution in [1.29, 1.82) is 0 Å². The van der Waals surface area contributed by atoms with Gasteiger partial charge in [-0.15, -0.1) is 0 Å². The summed E-state index contributed by atoms with van der Waals surface area (Å²) in [6.07, 6.45) is 2.14. The van der Waals surface area contributed by atoms with Crippen LogP contribution in [0.25, 0.3) is 0 Å². The van der Waals surface area contributed by atoms with Gasteiger partial charge in [0.2, 0.25) is 18.2 Å². The lowest BCUT2D eigenvalue weighted by atomic mass is 9.99. The lowest BCUT2D eigenvalue weighted by Crippen LogP contribution is -2.48. The van der Waals surface area contributed by atoms with Gasteiger partial charge in [-0.05, 0) is 18.6 Å². The van der Waals surface area contributed by atoms with Crippen LogP contribution in [0.2, 0.25) is 0 Å². The van der Waals surface area contributed by atoms with Gasteiger partial charge in [0.25, 0.3) is 0 Å². The standard InChI is InChI=1S/C18H23F2N3O5/c1-2-3-4-12(8-22(27)10-24)18(26)23-11-28-9-16(23)17(25)21-13-5-6-14(19)15(20)7-13/h5-7,10,12,16,27H,2-4,8-9,11H2,1H3,(H,21,25)/t12-,16+/m1/s1. The van der Waals surface area contributed by atoms with E-state index in [4.69, 9.17) is 4.74 Å². The lowest BCUT2D eigenvalue weighted by molar-refractivity contribution is -0.158. The van der Waals surface area contributed by atoms with Crippen LogP contribution in [0.5, 0.6) is 0 Å². The number of hydrogen-bond donors (Lipinski definition) is 2. The number of rotatable bonds is 9. The molecule has 0 saturated carbocycles. The first-order chi connectivity index (χ1) is 13.4. The maximum absolute atomic E-state index is 13.3. The number of nitrogens with zero attached hydrogens (tertiary/aromatic N) is 2. The molecular weight excluding hydrogens is 376 g/mol. The Morgan fingerprint density at radius 1 is 1.43 bits per heavy atom. The minimum atomic E-state index is -1.11. The van der Waals surface area contributed by atoms with Crippen molar-refractivity contribution in [3.63, 3.8) is 0 Å². The molecule has 0 aromatic heterocycles. The Morgan fingerprint density at radius 2 is 2.18 bits per heavy atom. The van der Waals surface area contributed by atoms with E-state index in [0.717, 1.165) is 18.6 Å². The zero-order valence-corrected chi connectivity index (χ0v) is 15.4. The van der Waals surface area contributed by atoms with Crippen LogP contribution in [0.15, 0.2) is 18.2 Å². The fraction of sp³-hybridized carbons (Fsp3) is 0.500. The van der Waals surface area contributed by atoms with Crippen LogP contribution in [0.1, 0.15) is 26.2 Å². The number of carbonyl (C=O) groups excluding carboxylic acids is 3. The second-order valence-corrected chi connectivity index (χ2v) is 6.51. The van der Waals surface area contributed by atoms with E-state index >= 15 is 0 Å². The molecule has 1 aromatic carbocycles. The van der Waals surface area contributed by atoms with E-state index in [9.17, 15) is 28.4 Å². The molecule has 0 bridgehead atoms. The van der Waals surface area contributed by atoms with E-state index in [0.29, 0.717) is 17.9 Å². The molecule has 1 heterocycles. The third kappa shape index (κ3) is 5.46. The molecule has 2 N–H and O–H groups in total. The third-order valence-electron chi connectivity index (χ3n) is 4.44. The van der Waals surface area contributed by atoms with Crippen molar-refractivity contribution in [2.24, 2.45) is 5.92 Å².